The zero-order valence-electron chi connectivity index (χ0n) is 19.7. The Hall–Kier alpha value is -4.14. The molecular weight excluding hydrogens is 448 g/mol. The lowest BCUT2D eigenvalue weighted by Gasteiger charge is -2.16. The van der Waals surface area contributed by atoms with Gasteiger partial charge in [-0.2, -0.15) is 5.10 Å². The van der Waals surface area contributed by atoms with Crippen LogP contribution >= 0.6 is 0 Å². The smallest absolute Gasteiger partial charge is 0.412 e. The first kappa shape index (κ1) is 24.0. The van der Waals surface area contributed by atoms with Crippen molar-refractivity contribution in [2.45, 2.75) is 38.1 Å². The Kier molecular flexibility index (Phi) is 7.14. The number of hydrogen-bond acceptors (Lipinski definition) is 5. The van der Waals surface area contributed by atoms with Crippen molar-refractivity contribution in [3.63, 3.8) is 0 Å². The Bertz CT molecular complexity index is 1210. The molecule has 3 N–H and O–H groups in total. The Morgan fingerprint density at radius 3 is 2.31 bits per heavy atom. The number of ether oxygens (including phenoxy) is 1. The minimum Gasteiger partial charge on any atom is -0.481 e. The molecule has 1 aromatic heterocycles. The molecule has 2 aromatic carbocycles. The lowest BCUT2D eigenvalue weighted by Crippen LogP contribution is -2.36. The maximum absolute atomic E-state index is 12.8. The fourth-order valence-corrected chi connectivity index (χ4v) is 4.53. The second kappa shape index (κ2) is 10.4. The van der Waals surface area contributed by atoms with E-state index in [4.69, 9.17) is 9.84 Å². The molecule has 0 bridgehead atoms. The minimum absolute atomic E-state index is 0.0489. The number of aliphatic carboxylic acids is 1. The van der Waals surface area contributed by atoms with Gasteiger partial charge in [-0.25, -0.2) is 4.79 Å². The van der Waals surface area contributed by atoms with Gasteiger partial charge in [0.1, 0.15) is 12.2 Å². The minimum atomic E-state index is -0.994. The Balaban J connectivity index is 1.43. The number of carboxylic acid groups (broad SMARTS) is 1. The number of carboxylic acids is 1. The highest BCUT2D eigenvalue weighted by atomic mass is 16.5. The number of nitrogens with one attached hydrogen (secondary N) is 2. The average Bonchev–Trinajstić information content (AvgIpc) is 3.35. The summed E-state index contributed by atoms with van der Waals surface area (Å²) in [6, 6.07) is 15.6. The van der Waals surface area contributed by atoms with E-state index in [9.17, 15) is 14.4 Å². The van der Waals surface area contributed by atoms with Crippen molar-refractivity contribution in [3.8, 4) is 11.1 Å². The molecule has 0 aliphatic heterocycles. The number of fused-ring (bicyclic) bond motifs is 3. The summed E-state index contributed by atoms with van der Waals surface area (Å²) in [6.45, 7) is 2.04. The van der Waals surface area contributed by atoms with Gasteiger partial charge in [0, 0.05) is 25.2 Å². The van der Waals surface area contributed by atoms with E-state index in [1.54, 1.807) is 7.05 Å². The fraction of sp³-hybridized carbons (Fsp3) is 0.308. The summed E-state index contributed by atoms with van der Waals surface area (Å²) in [4.78, 5) is 36.6. The molecule has 1 aliphatic carbocycles. The molecule has 1 atom stereocenters. The van der Waals surface area contributed by atoms with Crippen molar-refractivity contribution in [1.29, 1.82) is 0 Å². The lowest BCUT2D eigenvalue weighted by atomic mass is 9.98. The zero-order chi connectivity index (χ0) is 24.9. The molecule has 3 aromatic rings. The van der Waals surface area contributed by atoms with E-state index in [0.717, 1.165) is 28.7 Å². The average molecular weight is 477 g/mol. The van der Waals surface area contributed by atoms with Crippen LogP contribution in [-0.4, -0.2) is 45.5 Å². The summed E-state index contributed by atoms with van der Waals surface area (Å²) >= 11 is 0. The van der Waals surface area contributed by atoms with Gasteiger partial charge in [-0.3, -0.25) is 19.6 Å². The first-order valence-corrected chi connectivity index (χ1v) is 11.6. The van der Waals surface area contributed by atoms with Crippen LogP contribution in [0.3, 0.4) is 0 Å². The monoisotopic (exact) mass is 476 g/mol. The SMILES string of the molecule is CCCC(CC(=O)O)NC(=O)c1cn(C)nc1NC(=O)OCC1c2ccccc2-c2ccccc21. The van der Waals surface area contributed by atoms with Crippen LogP contribution in [0.5, 0.6) is 0 Å². The van der Waals surface area contributed by atoms with Crippen molar-refractivity contribution in [2.24, 2.45) is 7.05 Å². The molecule has 0 fully saturated rings. The molecule has 0 saturated carbocycles. The first-order valence-electron chi connectivity index (χ1n) is 11.6. The molecule has 1 aliphatic rings. The Morgan fingerprint density at radius 1 is 1.09 bits per heavy atom. The second-order valence-electron chi connectivity index (χ2n) is 8.57. The van der Waals surface area contributed by atoms with Crippen molar-refractivity contribution >= 4 is 23.8 Å². The molecule has 0 saturated heterocycles. The molecule has 1 heterocycles. The number of carbonyl (C=O) groups excluding carboxylic acids is 2. The Labute approximate surface area is 203 Å². The molecule has 1 unspecified atom stereocenters. The number of amides is 2. The number of aromatic nitrogens is 2. The Morgan fingerprint density at radius 2 is 1.71 bits per heavy atom. The summed E-state index contributed by atoms with van der Waals surface area (Å²) in [5.74, 6) is -1.54. The van der Waals surface area contributed by atoms with Crippen molar-refractivity contribution in [3.05, 3.63) is 71.4 Å². The van der Waals surface area contributed by atoms with Crippen LogP contribution in [0.2, 0.25) is 0 Å². The van der Waals surface area contributed by atoms with E-state index in [1.807, 2.05) is 43.3 Å². The number of benzene rings is 2. The van der Waals surface area contributed by atoms with Gasteiger partial charge in [-0.15, -0.1) is 0 Å². The second-order valence-corrected chi connectivity index (χ2v) is 8.57. The van der Waals surface area contributed by atoms with Gasteiger partial charge < -0.3 is 15.2 Å². The molecule has 2 amide bonds. The van der Waals surface area contributed by atoms with Gasteiger partial charge in [0.15, 0.2) is 5.82 Å². The van der Waals surface area contributed by atoms with Gasteiger partial charge in [0.25, 0.3) is 5.91 Å². The highest BCUT2D eigenvalue weighted by molar-refractivity contribution is 6.01. The maximum Gasteiger partial charge on any atom is 0.412 e. The summed E-state index contributed by atoms with van der Waals surface area (Å²) in [6.07, 6.45) is 1.80. The van der Waals surface area contributed by atoms with Gasteiger partial charge in [-0.05, 0) is 28.7 Å². The molecule has 35 heavy (non-hydrogen) atoms. The number of anilines is 1. The van der Waals surface area contributed by atoms with E-state index >= 15 is 0 Å². The van der Waals surface area contributed by atoms with E-state index < -0.39 is 24.0 Å². The summed E-state index contributed by atoms with van der Waals surface area (Å²) in [7, 11) is 1.63. The normalized spacial score (nSPS) is 13.0. The molecule has 0 radical (unpaired) electrons. The maximum atomic E-state index is 12.8. The number of aryl methyl sites for hydroxylation is 1. The van der Waals surface area contributed by atoms with Crippen LogP contribution in [0.4, 0.5) is 10.6 Å². The van der Waals surface area contributed by atoms with Crippen LogP contribution in [0, 0.1) is 0 Å². The highest BCUT2D eigenvalue weighted by Crippen LogP contribution is 2.44. The van der Waals surface area contributed by atoms with Crippen LogP contribution in [0.15, 0.2) is 54.7 Å². The number of rotatable bonds is 9. The lowest BCUT2D eigenvalue weighted by molar-refractivity contribution is -0.137. The van der Waals surface area contributed by atoms with Gasteiger partial charge in [0.05, 0.1) is 6.42 Å². The third kappa shape index (κ3) is 5.34. The molecule has 9 heteroatoms. The third-order valence-corrected chi connectivity index (χ3v) is 6.03. The van der Waals surface area contributed by atoms with E-state index in [-0.39, 0.29) is 30.3 Å². The highest BCUT2D eigenvalue weighted by Gasteiger charge is 2.29. The molecule has 0 spiro atoms. The number of hydrogen-bond donors (Lipinski definition) is 3. The summed E-state index contributed by atoms with van der Waals surface area (Å²) in [5.41, 5.74) is 4.58. The van der Waals surface area contributed by atoms with Gasteiger partial charge >= 0.3 is 12.1 Å². The number of nitrogens with zero attached hydrogens (tertiary/aromatic N) is 2. The zero-order valence-corrected chi connectivity index (χ0v) is 19.7. The number of carbonyl (C=O) groups is 3. The van der Waals surface area contributed by atoms with Crippen molar-refractivity contribution < 1.29 is 24.2 Å². The van der Waals surface area contributed by atoms with Crippen molar-refractivity contribution in [1.82, 2.24) is 15.1 Å². The van der Waals surface area contributed by atoms with Crippen molar-refractivity contribution in [2.75, 3.05) is 11.9 Å². The van der Waals surface area contributed by atoms with Gasteiger partial charge in [0.2, 0.25) is 0 Å². The van der Waals surface area contributed by atoms with Gasteiger partial charge in [-0.1, -0.05) is 61.9 Å². The largest absolute Gasteiger partial charge is 0.481 e. The van der Waals surface area contributed by atoms with Crippen LogP contribution < -0.4 is 10.6 Å². The van der Waals surface area contributed by atoms with E-state index in [0.29, 0.717) is 6.42 Å². The topological polar surface area (TPSA) is 123 Å². The standard InChI is InChI=1S/C26H28N4O5/c1-3-8-16(13-23(31)32)27-25(33)21-14-30(2)29-24(21)28-26(34)35-15-22-19-11-6-4-9-17(19)18-10-5-7-12-20(18)22/h4-7,9-12,14,16,22H,3,8,13,15H2,1-2H3,(H,27,33)(H,31,32)(H,28,29,34). The molecule has 9 nitrogen and oxygen atoms in total. The van der Waals surface area contributed by atoms with Crippen LogP contribution in [0.1, 0.15) is 53.6 Å². The predicted octanol–water partition coefficient (Wildman–Crippen LogP) is 4.15. The molecule has 182 valence electrons. The predicted molar refractivity (Wildman–Crippen MR) is 130 cm³/mol. The fourth-order valence-electron chi connectivity index (χ4n) is 4.53. The first-order chi connectivity index (χ1) is 16.9. The third-order valence-electron chi connectivity index (χ3n) is 6.03. The van der Waals surface area contributed by atoms with E-state index in [1.165, 1.54) is 10.9 Å². The van der Waals surface area contributed by atoms with E-state index in [2.05, 4.69) is 27.9 Å². The van der Waals surface area contributed by atoms with Crippen LogP contribution in [0.25, 0.3) is 11.1 Å². The summed E-state index contributed by atoms with van der Waals surface area (Å²) < 4.78 is 6.95. The summed E-state index contributed by atoms with van der Waals surface area (Å²) in [5, 5.41) is 18.6. The molecular formula is C26H28N4O5. The quantitative estimate of drug-likeness (QED) is 0.426. The molecule has 4 rings (SSSR count). The van der Waals surface area contributed by atoms with Crippen LogP contribution in [-0.2, 0) is 16.6 Å².